The van der Waals surface area contributed by atoms with Gasteiger partial charge in [0, 0.05) is 24.4 Å². The molecule has 0 aliphatic heterocycles. The van der Waals surface area contributed by atoms with Gasteiger partial charge in [0.2, 0.25) is 0 Å². The number of hydrogen-bond acceptors (Lipinski definition) is 5. The Labute approximate surface area is 116 Å². The van der Waals surface area contributed by atoms with E-state index in [1.165, 1.54) is 19.2 Å². The summed E-state index contributed by atoms with van der Waals surface area (Å²) < 4.78 is 5.18. The second-order valence-electron chi connectivity index (χ2n) is 4.19. The minimum absolute atomic E-state index is 0.00864. The number of nitrogens with one attached hydrogen (secondary N) is 1. The Morgan fingerprint density at radius 1 is 1.30 bits per heavy atom. The summed E-state index contributed by atoms with van der Waals surface area (Å²) in [6.45, 7) is 0.463. The lowest BCUT2D eigenvalue weighted by atomic mass is 10.1. The second-order valence-corrected chi connectivity index (χ2v) is 4.19. The van der Waals surface area contributed by atoms with Crippen molar-refractivity contribution in [2.45, 2.75) is 6.54 Å². The molecule has 6 heteroatoms. The summed E-state index contributed by atoms with van der Waals surface area (Å²) in [5.74, 6) is 0.546. The van der Waals surface area contributed by atoms with Gasteiger partial charge in [-0.1, -0.05) is 18.2 Å². The fourth-order valence-corrected chi connectivity index (χ4v) is 1.83. The number of nitro benzene ring substituents is 1. The van der Waals surface area contributed by atoms with Crippen molar-refractivity contribution in [2.24, 2.45) is 0 Å². The Bertz CT molecular complexity index is 629. The molecule has 0 saturated carbocycles. The minimum atomic E-state index is -0.443. The fourth-order valence-electron chi connectivity index (χ4n) is 1.83. The number of rotatable bonds is 5. The van der Waals surface area contributed by atoms with Crippen molar-refractivity contribution in [3.05, 3.63) is 58.1 Å². The highest BCUT2D eigenvalue weighted by atomic mass is 16.6. The standard InChI is InChI=1S/C14H15N3O3/c1-20-14-7-6-11(17(18)19)8-13(14)16-9-10-4-2-3-5-12(10)15/h2-8,16H,9,15H2,1H3. The van der Waals surface area contributed by atoms with Crippen molar-refractivity contribution in [3.8, 4) is 5.75 Å². The predicted molar refractivity (Wildman–Crippen MR) is 77.8 cm³/mol. The first-order valence-corrected chi connectivity index (χ1v) is 6.01. The van der Waals surface area contributed by atoms with E-state index in [2.05, 4.69) is 5.32 Å². The highest BCUT2D eigenvalue weighted by molar-refractivity contribution is 5.62. The lowest BCUT2D eigenvalue weighted by Gasteiger charge is -2.12. The summed E-state index contributed by atoms with van der Waals surface area (Å²) in [5.41, 5.74) is 8.01. The highest BCUT2D eigenvalue weighted by Crippen LogP contribution is 2.29. The van der Waals surface area contributed by atoms with E-state index in [4.69, 9.17) is 10.5 Å². The first kappa shape index (κ1) is 13.7. The van der Waals surface area contributed by atoms with Gasteiger partial charge in [-0.2, -0.15) is 0 Å². The molecule has 0 bridgehead atoms. The number of nitrogens with zero attached hydrogens (tertiary/aromatic N) is 1. The topological polar surface area (TPSA) is 90.4 Å². The van der Waals surface area contributed by atoms with Gasteiger partial charge < -0.3 is 15.8 Å². The van der Waals surface area contributed by atoms with Crippen LogP contribution >= 0.6 is 0 Å². The second kappa shape index (κ2) is 5.92. The molecule has 2 aromatic rings. The number of benzene rings is 2. The molecule has 0 fully saturated rings. The van der Waals surface area contributed by atoms with Crippen LogP contribution in [0.3, 0.4) is 0 Å². The van der Waals surface area contributed by atoms with Crippen LogP contribution in [-0.4, -0.2) is 12.0 Å². The number of nitrogens with two attached hydrogens (primary N) is 1. The molecule has 0 unspecified atom stereocenters. The molecule has 0 spiro atoms. The molecule has 0 aromatic heterocycles. The molecule has 104 valence electrons. The average molecular weight is 273 g/mol. The number of nitrogen functional groups attached to an aromatic ring is 1. The predicted octanol–water partition coefficient (Wildman–Crippen LogP) is 2.80. The van der Waals surface area contributed by atoms with Gasteiger partial charge in [-0.3, -0.25) is 10.1 Å². The third-order valence-electron chi connectivity index (χ3n) is 2.92. The number of hydrogen-bond donors (Lipinski definition) is 2. The quantitative estimate of drug-likeness (QED) is 0.496. The van der Waals surface area contributed by atoms with E-state index in [1.807, 2.05) is 24.3 Å². The first-order chi connectivity index (χ1) is 9.61. The molecule has 0 aliphatic carbocycles. The molecule has 0 aliphatic rings. The van der Waals surface area contributed by atoms with Gasteiger partial charge in [-0.05, 0) is 17.7 Å². The molecule has 2 aromatic carbocycles. The van der Waals surface area contributed by atoms with Crippen molar-refractivity contribution >= 4 is 17.1 Å². The number of ether oxygens (including phenoxy) is 1. The van der Waals surface area contributed by atoms with Crippen molar-refractivity contribution in [2.75, 3.05) is 18.2 Å². The monoisotopic (exact) mass is 273 g/mol. The minimum Gasteiger partial charge on any atom is -0.495 e. The van der Waals surface area contributed by atoms with Crippen molar-refractivity contribution in [3.63, 3.8) is 0 Å². The van der Waals surface area contributed by atoms with E-state index < -0.39 is 4.92 Å². The largest absolute Gasteiger partial charge is 0.495 e. The van der Waals surface area contributed by atoms with Crippen LogP contribution in [0.1, 0.15) is 5.56 Å². The Morgan fingerprint density at radius 2 is 2.05 bits per heavy atom. The fraction of sp³-hybridized carbons (Fsp3) is 0.143. The maximum Gasteiger partial charge on any atom is 0.271 e. The number of anilines is 2. The summed E-state index contributed by atoms with van der Waals surface area (Å²) >= 11 is 0. The van der Waals surface area contributed by atoms with E-state index >= 15 is 0 Å². The van der Waals surface area contributed by atoms with Gasteiger partial charge in [0.15, 0.2) is 0 Å². The van der Waals surface area contributed by atoms with Crippen LogP contribution in [0.5, 0.6) is 5.75 Å². The molecule has 3 N–H and O–H groups in total. The normalized spacial score (nSPS) is 10.1. The first-order valence-electron chi connectivity index (χ1n) is 6.01. The molecule has 20 heavy (non-hydrogen) atoms. The van der Waals surface area contributed by atoms with E-state index in [0.717, 1.165) is 5.56 Å². The zero-order valence-corrected chi connectivity index (χ0v) is 11.0. The summed E-state index contributed by atoms with van der Waals surface area (Å²) in [6, 6.07) is 11.9. The van der Waals surface area contributed by atoms with E-state index in [1.54, 1.807) is 6.07 Å². The molecular weight excluding hydrogens is 258 g/mol. The highest BCUT2D eigenvalue weighted by Gasteiger charge is 2.11. The molecule has 0 heterocycles. The molecule has 0 saturated heterocycles. The maximum absolute atomic E-state index is 10.8. The van der Waals surface area contributed by atoms with Crippen LogP contribution in [0.2, 0.25) is 0 Å². The zero-order chi connectivity index (χ0) is 14.5. The van der Waals surface area contributed by atoms with Gasteiger partial charge in [0.05, 0.1) is 17.7 Å². The van der Waals surface area contributed by atoms with Crippen LogP contribution in [0, 0.1) is 10.1 Å². The lowest BCUT2D eigenvalue weighted by Crippen LogP contribution is -2.04. The molecule has 0 radical (unpaired) electrons. The van der Waals surface area contributed by atoms with Gasteiger partial charge in [-0.25, -0.2) is 0 Å². The van der Waals surface area contributed by atoms with E-state index in [0.29, 0.717) is 23.7 Å². The molecule has 6 nitrogen and oxygen atoms in total. The van der Waals surface area contributed by atoms with E-state index in [9.17, 15) is 10.1 Å². The zero-order valence-electron chi connectivity index (χ0n) is 11.0. The Hall–Kier alpha value is -2.76. The van der Waals surface area contributed by atoms with E-state index in [-0.39, 0.29) is 5.69 Å². The van der Waals surface area contributed by atoms with Gasteiger partial charge >= 0.3 is 0 Å². The van der Waals surface area contributed by atoms with Crippen LogP contribution in [-0.2, 0) is 6.54 Å². The average Bonchev–Trinajstić information content (AvgIpc) is 2.46. The van der Waals surface area contributed by atoms with Gasteiger partial charge in [0.25, 0.3) is 5.69 Å². The third kappa shape index (κ3) is 2.97. The van der Waals surface area contributed by atoms with Gasteiger partial charge in [0.1, 0.15) is 5.75 Å². The molecule has 0 amide bonds. The maximum atomic E-state index is 10.8. The van der Waals surface area contributed by atoms with Crippen LogP contribution in [0.25, 0.3) is 0 Å². The number of methoxy groups -OCH3 is 1. The third-order valence-corrected chi connectivity index (χ3v) is 2.92. The van der Waals surface area contributed by atoms with Crippen molar-refractivity contribution in [1.29, 1.82) is 0 Å². The van der Waals surface area contributed by atoms with Crippen LogP contribution in [0.4, 0.5) is 17.1 Å². The van der Waals surface area contributed by atoms with Gasteiger partial charge in [-0.15, -0.1) is 0 Å². The Morgan fingerprint density at radius 3 is 2.70 bits per heavy atom. The van der Waals surface area contributed by atoms with Crippen molar-refractivity contribution in [1.82, 2.24) is 0 Å². The lowest BCUT2D eigenvalue weighted by molar-refractivity contribution is -0.384. The van der Waals surface area contributed by atoms with Crippen LogP contribution in [0.15, 0.2) is 42.5 Å². The summed E-state index contributed by atoms with van der Waals surface area (Å²) in [6.07, 6.45) is 0. The number of non-ortho nitro benzene ring substituents is 1. The molecular formula is C14H15N3O3. The molecule has 2 rings (SSSR count). The summed E-state index contributed by atoms with van der Waals surface area (Å²) in [7, 11) is 1.52. The summed E-state index contributed by atoms with van der Waals surface area (Å²) in [4.78, 5) is 10.4. The smallest absolute Gasteiger partial charge is 0.271 e. The SMILES string of the molecule is COc1ccc([N+](=O)[O-])cc1NCc1ccccc1N. The van der Waals surface area contributed by atoms with Crippen molar-refractivity contribution < 1.29 is 9.66 Å². The Balaban J connectivity index is 2.22. The molecule has 0 atom stereocenters. The van der Waals surface area contributed by atoms with Crippen LogP contribution < -0.4 is 15.8 Å². The summed E-state index contributed by atoms with van der Waals surface area (Å²) in [5, 5.41) is 13.9. The Kier molecular flexibility index (Phi) is 4.05. The number of para-hydroxylation sites is 1. The number of nitro groups is 1.